The lowest BCUT2D eigenvalue weighted by Gasteiger charge is -2.15. The highest BCUT2D eigenvalue weighted by Crippen LogP contribution is 2.48. The summed E-state index contributed by atoms with van der Waals surface area (Å²) in [7, 11) is 0. The minimum Gasteiger partial charge on any atom is -0.477 e. The normalized spacial score (nSPS) is 13.7. The number of nitrogens with zero attached hydrogens (tertiary/aromatic N) is 1. The number of carbonyl (C=O) groups is 2. The van der Waals surface area contributed by atoms with Gasteiger partial charge in [-0.05, 0) is 62.4 Å². The van der Waals surface area contributed by atoms with Crippen LogP contribution in [0.5, 0.6) is 10.8 Å². The largest absolute Gasteiger partial charge is 0.477 e. The molecule has 0 aromatic carbocycles. The van der Waals surface area contributed by atoms with Crippen molar-refractivity contribution in [3.8, 4) is 10.8 Å². The van der Waals surface area contributed by atoms with Crippen LogP contribution in [0.2, 0.25) is 0 Å². The Bertz CT molecular complexity index is 827. The molecule has 0 saturated carbocycles. The molecule has 0 fully saturated rings. The highest BCUT2D eigenvalue weighted by molar-refractivity contribution is 9.15. The van der Waals surface area contributed by atoms with Gasteiger partial charge in [-0.2, -0.15) is 0 Å². The van der Waals surface area contributed by atoms with Crippen molar-refractivity contribution in [2.45, 2.75) is 12.8 Å². The molecule has 1 aliphatic carbocycles. The smallest absolute Gasteiger partial charge is 0.346 e. The van der Waals surface area contributed by atoms with Crippen LogP contribution in [0.1, 0.15) is 27.2 Å². The van der Waals surface area contributed by atoms with E-state index in [0.717, 1.165) is 17.6 Å². The van der Waals surface area contributed by atoms with Gasteiger partial charge in [0.25, 0.3) is 0 Å². The van der Waals surface area contributed by atoms with Crippen LogP contribution in [-0.2, 0) is 11.2 Å². The van der Waals surface area contributed by atoms with Crippen LogP contribution in [0, 0.1) is 0 Å². The van der Waals surface area contributed by atoms with Crippen molar-refractivity contribution in [2.75, 3.05) is 0 Å². The third-order valence-electron chi connectivity index (χ3n) is 3.37. The Hall–Kier alpha value is -1.51. The number of halogens is 2. The number of carbonyl (C=O) groups excluding carboxylic acids is 1. The predicted molar refractivity (Wildman–Crippen MR) is 93.5 cm³/mol. The van der Waals surface area contributed by atoms with Crippen LogP contribution in [0.15, 0.2) is 28.5 Å². The number of ether oxygens (including phenoxy) is 1. The number of allylic oxidation sites excluding steroid dienone is 1. The summed E-state index contributed by atoms with van der Waals surface area (Å²) in [5.74, 6) is -0.502. The lowest BCUT2D eigenvalue weighted by Crippen LogP contribution is -2.06. The molecule has 0 atom stereocenters. The molecule has 0 unspecified atom stereocenters. The molecule has 118 valence electrons. The van der Waals surface area contributed by atoms with Crippen LogP contribution in [0.3, 0.4) is 0 Å². The number of carboxylic acid groups (broad SMARTS) is 1. The quantitative estimate of drug-likeness (QED) is 0.533. The lowest BCUT2D eigenvalue weighted by molar-refractivity contribution is -0.105. The molecule has 2 aromatic heterocycles. The minimum atomic E-state index is -0.995. The van der Waals surface area contributed by atoms with E-state index in [1.165, 1.54) is 6.20 Å². The Kier molecular flexibility index (Phi) is 4.65. The fourth-order valence-corrected chi connectivity index (χ4v) is 4.46. The summed E-state index contributed by atoms with van der Waals surface area (Å²) >= 11 is 7.71. The molecule has 5 nitrogen and oxygen atoms in total. The molecule has 2 aromatic rings. The second kappa shape index (κ2) is 6.54. The summed E-state index contributed by atoms with van der Waals surface area (Å²) in [5, 5.41) is 9.84. The number of rotatable bonds is 4. The molecule has 3 rings (SSSR count). The number of hydrogen-bond acceptors (Lipinski definition) is 5. The van der Waals surface area contributed by atoms with E-state index in [2.05, 4.69) is 36.8 Å². The van der Waals surface area contributed by atoms with Crippen molar-refractivity contribution >= 4 is 59.9 Å². The van der Waals surface area contributed by atoms with Gasteiger partial charge in [0, 0.05) is 15.6 Å². The molecule has 23 heavy (non-hydrogen) atoms. The average molecular weight is 459 g/mol. The fourth-order valence-electron chi connectivity index (χ4n) is 2.32. The molecule has 1 aliphatic rings. The molecule has 0 saturated heterocycles. The standard InChI is InChI=1S/C15H9Br2NO4S/c16-10-4-2-8(5-18-10)22-15-11-9(13(23-15)14(20)21)3-1-7(6-19)12(11)17/h2,4-6H,1,3H2,(H,20,21). The van der Waals surface area contributed by atoms with E-state index >= 15 is 0 Å². The van der Waals surface area contributed by atoms with Crippen LogP contribution in [-0.4, -0.2) is 22.3 Å². The monoisotopic (exact) mass is 457 g/mol. The summed E-state index contributed by atoms with van der Waals surface area (Å²) in [5.41, 5.74) is 1.94. The number of carboxylic acids is 1. The first kappa shape index (κ1) is 16.4. The van der Waals surface area contributed by atoms with Crippen LogP contribution >= 0.6 is 43.2 Å². The molecule has 0 radical (unpaired) electrons. The summed E-state index contributed by atoms with van der Waals surface area (Å²) < 4.78 is 7.09. The molecule has 2 heterocycles. The number of aromatic nitrogens is 1. The molecule has 1 N–H and O–H groups in total. The molecule has 0 spiro atoms. The lowest BCUT2D eigenvalue weighted by atomic mass is 9.94. The zero-order chi connectivity index (χ0) is 16.6. The van der Waals surface area contributed by atoms with Crippen molar-refractivity contribution in [3.63, 3.8) is 0 Å². The Morgan fingerprint density at radius 3 is 2.74 bits per heavy atom. The maximum Gasteiger partial charge on any atom is 0.346 e. The van der Waals surface area contributed by atoms with Gasteiger partial charge in [-0.15, -0.1) is 0 Å². The highest BCUT2D eigenvalue weighted by atomic mass is 79.9. The van der Waals surface area contributed by atoms with E-state index in [-0.39, 0.29) is 4.88 Å². The first-order valence-electron chi connectivity index (χ1n) is 6.53. The van der Waals surface area contributed by atoms with Gasteiger partial charge in [0.2, 0.25) is 0 Å². The molecule has 0 amide bonds. The molecular weight excluding hydrogens is 450 g/mol. The van der Waals surface area contributed by atoms with Gasteiger partial charge in [0.1, 0.15) is 21.5 Å². The third-order valence-corrected chi connectivity index (χ3v) is 5.84. The van der Waals surface area contributed by atoms with Gasteiger partial charge < -0.3 is 9.84 Å². The highest BCUT2D eigenvalue weighted by Gasteiger charge is 2.29. The predicted octanol–water partition coefficient (Wildman–Crippen LogP) is 4.65. The first-order chi connectivity index (χ1) is 11.0. The number of pyridine rings is 1. The minimum absolute atomic E-state index is 0.238. The van der Waals surface area contributed by atoms with Gasteiger partial charge in [-0.1, -0.05) is 11.3 Å². The molecule has 0 aliphatic heterocycles. The van der Waals surface area contributed by atoms with Gasteiger partial charge in [-0.25, -0.2) is 9.78 Å². The van der Waals surface area contributed by atoms with E-state index < -0.39 is 5.97 Å². The van der Waals surface area contributed by atoms with Crippen LogP contribution < -0.4 is 4.74 Å². The van der Waals surface area contributed by atoms with E-state index in [0.29, 0.717) is 49.4 Å². The fraction of sp³-hybridized carbons (Fsp3) is 0.133. The van der Waals surface area contributed by atoms with Crippen LogP contribution in [0.4, 0.5) is 0 Å². The number of fused-ring (bicyclic) bond motifs is 1. The second-order valence-corrected chi connectivity index (χ2v) is 7.34. The molecular formula is C15H9Br2NO4S. The summed E-state index contributed by atoms with van der Waals surface area (Å²) in [6.45, 7) is 0. The van der Waals surface area contributed by atoms with Gasteiger partial charge in [0.05, 0.1) is 6.20 Å². The van der Waals surface area contributed by atoms with Gasteiger partial charge >= 0.3 is 5.97 Å². The number of aldehydes is 1. The average Bonchev–Trinajstić information content (AvgIpc) is 2.90. The third kappa shape index (κ3) is 3.11. The van der Waals surface area contributed by atoms with Crippen molar-refractivity contribution < 1.29 is 19.4 Å². The second-order valence-electron chi connectivity index (χ2n) is 4.75. The summed E-state index contributed by atoms with van der Waals surface area (Å²) in [6.07, 6.45) is 3.33. The summed E-state index contributed by atoms with van der Waals surface area (Å²) in [4.78, 5) is 27.0. The molecule has 0 bridgehead atoms. The maximum atomic E-state index is 11.5. The van der Waals surface area contributed by atoms with E-state index in [1.807, 2.05) is 0 Å². The Balaban J connectivity index is 2.11. The Morgan fingerprint density at radius 2 is 2.13 bits per heavy atom. The zero-order valence-electron chi connectivity index (χ0n) is 11.5. The topological polar surface area (TPSA) is 76.5 Å². The number of thiophene rings is 1. The number of aromatic carboxylic acids is 1. The van der Waals surface area contributed by atoms with Crippen molar-refractivity contribution in [3.05, 3.63) is 44.5 Å². The van der Waals surface area contributed by atoms with Gasteiger partial charge in [-0.3, -0.25) is 4.79 Å². The maximum absolute atomic E-state index is 11.5. The van der Waals surface area contributed by atoms with E-state index in [4.69, 9.17) is 4.74 Å². The van der Waals surface area contributed by atoms with Crippen molar-refractivity contribution in [1.82, 2.24) is 4.98 Å². The van der Waals surface area contributed by atoms with Crippen LogP contribution in [0.25, 0.3) is 4.48 Å². The number of hydrogen-bond donors (Lipinski definition) is 1. The Morgan fingerprint density at radius 1 is 1.35 bits per heavy atom. The Labute approximate surface area is 152 Å². The first-order valence-corrected chi connectivity index (χ1v) is 8.94. The zero-order valence-corrected chi connectivity index (χ0v) is 15.5. The van der Waals surface area contributed by atoms with E-state index in [1.54, 1.807) is 12.1 Å². The summed E-state index contributed by atoms with van der Waals surface area (Å²) in [6, 6.07) is 3.46. The SMILES string of the molecule is O=CC1=C(Br)c2c(Oc3ccc(Br)nc3)sc(C(=O)O)c2CC1. The van der Waals surface area contributed by atoms with Gasteiger partial charge in [0.15, 0.2) is 5.06 Å². The van der Waals surface area contributed by atoms with E-state index in [9.17, 15) is 14.7 Å². The van der Waals surface area contributed by atoms with Crippen molar-refractivity contribution in [2.24, 2.45) is 0 Å². The molecule has 8 heteroatoms. The van der Waals surface area contributed by atoms with Crippen molar-refractivity contribution in [1.29, 1.82) is 0 Å².